The van der Waals surface area contributed by atoms with Crippen LogP contribution >= 0.6 is 0 Å². The van der Waals surface area contributed by atoms with E-state index in [-0.39, 0.29) is 0 Å². The zero-order valence-corrected chi connectivity index (χ0v) is 19.2. The fourth-order valence-electron chi connectivity index (χ4n) is 3.98. The van der Waals surface area contributed by atoms with Gasteiger partial charge in [-0.05, 0) is 38.3 Å². The minimum absolute atomic E-state index is 0.882. The Bertz CT molecular complexity index is 235. The van der Waals surface area contributed by atoms with E-state index in [1.807, 2.05) is 0 Å². The molecule has 0 aliphatic rings. The second-order valence-corrected chi connectivity index (χ2v) is 8.79. The van der Waals surface area contributed by atoms with Gasteiger partial charge in [-0.3, -0.25) is 0 Å². The van der Waals surface area contributed by atoms with Crippen LogP contribution in [-0.2, 0) is 0 Å². The van der Waals surface area contributed by atoms with E-state index in [9.17, 15) is 0 Å². The number of rotatable bonds is 21. The summed E-state index contributed by atoms with van der Waals surface area (Å²) in [5.41, 5.74) is 0. The lowest BCUT2D eigenvalue weighted by Gasteiger charge is -2.26. The predicted molar refractivity (Wildman–Crippen MR) is 121 cm³/mol. The van der Waals surface area contributed by atoms with Gasteiger partial charge in [0.2, 0.25) is 0 Å². The number of hydrogen-bond acceptors (Lipinski definition) is 1. The standard InChI is InChI=1S/C25H53N/c1-5-8-11-14-16-19-22-26(23-20-17-15-12-9-6-2)24-25(4)21-18-13-10-7-3/h25H,5-24H2,1-4H3. The van der Waals surface area contributed by atoms with Gasteiger partial charge in [0.15, 0.2) is 0 Å². The van der Waals surface area contributed by atoms with Crippen molar-refractivity contribution in [3.8, 4) is 0 Å². The monoisotopic (exact) mass is 367 g/mol. The van der Waals surface area contributed by atoms with Crippen LogP contribution in [-0.4, -0.2) is 24.5 Å². The fraction of sp³-hybridized carbons (Fsp3) is 1.00. The van der Waals surface area contributed by atoms with E-state index in [0.29, 0.717) is 0 Å². The van der Waals surface area contributed by atoms with E-state index in [1.54, 1.807) is 0 Å². The molecule has 0 aliphatic heterocycles. The molecule has 1 atom stereocenters. The molecule has 0 amide bonds. The first-order valence-corrected chi connectivity index (χ1v) is 12.5. The molecule has 158 valence electrons. The molecule has 1 unspecified atom stereocenters. The summed E-state index contributed by atoms with van der Waals surface area (Å²) < 4.78 is 0. The van der Waals surface area contributed by atoms with Gasteiger partial charge < -0.3 is 4.90 Å². The van der Waals surface area contributed by atoms with Gasteiger partial charge in [-0.25, -0.2) is 0 Å². The van der Waals surface area contributed by atoms with Gasteiger partial charge in [-0.2, -0.15) is 0 Å². The van der Waals surface area contributed by atoms with Crippen LogP contribution in [0.2, 0.25) is 0 Å². The first-order chi connectivity index (χ1) is 12.7. The molecule has 0 N–H and O–H groups in total. The van der Waals surface area contributed by atoms with Gasteiger partial charge in [0.1, 0.15) is 0 Å². The van der Waals surface area contributed by atoms with Crippen LogP contribution in [0.15, 0.2) is 0 Å². The highest BCUT2D eigenvalue weighted by Gasteiger charge is 2.10. The molecule has 1 heteroatoms. The SMILES string of the molecule is CCCCCCCCN(CCCCCCCC)CC(C)CCCCCC. The zero-order valence-electron chi connectivity index (χ0n) is 19.2. The van der Waals surface area contributed by atoms with Crippen LogP contribution in [0.4, 0.5) is 0 Å². The Labute approximate surface area is 167 Å². The summed E-state index contributed by atoms with van der Waals surface area (Å²) in [5.74, 6) is 0.882. The van der Waals surface area contributed by atoms with Crippen LogP contribution in [0.25, 0.3) is 0 Å². The Morgan fingerprint density at radius 1 is 0.500 bits per heavy atom. The number of unbranched alkanes of at least 4 members (excludes halogenated alkanes) is 13. The Balaban J connectivity index is 3.97. The van der Waals surface area contributed by atoms with Gasteiger partial charge in [-0.1, -0.05) is 118 Å². The van der Waals surface area contributed by atoms with Crippen LogP contribution in [0.5, 0.6) is 0 Å². The van der Waals surface area contributed by atoms with Crippen LogP contribution in [0.1, 0.15) is 137 Å². The minimum atomic E-state index is 0.882. The van der Waals surface area contributed by atoms with E-state index in [1.165, 1.54) is 129 Å². The lowest BCUT2D eigenvalue weighted by Crippen LogP contribution is -2.30. The summed E-state index contributed by atoms with van der Waals surface area (Å²) in [6.07, 6.45) is 24.2. The smallest absolute Gasteiger partial charge is 0.000702 e. The van der Waals surface area contributed by atoms with Crippen molar-refractivity contribution < 1.29 is 0 Å². The zero-order chi connectivity index (χ0) is 19.3. The average Bonchev–Trinajstić information content (AvgIpc) is 2.64. The number of nitrogens with zero attached hydrogens (tertiary/aromatic N) is 1. The summed E-state index contributed by atoms with van der Waals surface area (Å²) in [7, 11) is 0. The highest BCUT2D eigenvalue weighted by atomic mass is 15.1. The van der Waals surface area contributed by atoms with Gasteiger partial charge >= 0.3 is 0 Å². The summed E-state index contributed by atoms with van der Waals surface area (Å²) in [5, 5.41) is 0. The molecule has 0 heterocycles. The maximum Gasteiger partial charge on any atom is 0.000702 e. The molecule has 1 nitrogen and oxygen atoms in total. The lowest BCUT2D eigenvalue weighted by atomic mass is 10.0. The van der Waals surface area contributed by atoms with Crippen LogP contribution in [0.3, 0.4) is 0 Å². The van der Waals surface area contributed by atoms with Crippen LogP contribution < -0.4 is 0 Å². The number of hydrogen-bond donors (Lipinski definition) is 0. The summed E-state index contributed by atoms with van der Waals surface area (Å²) in [4.78, 5) is 2.81. The van der Waals surface area contributed by atoms with Gasteiger partial charge in [0, 0.05) is 6.54 Å². The molecule has 0 rings (SSSR count). The maximum absolute atomic E-state index is 2.81. The van der Waals surface area contributed by atoms with Crippen molar-refractivity contribution in [3.05, 3.63) is 0 Å². The fourth-order valence-corrected chi connectivity index (χ4v) is 3.98. The second kappa shape index (κ2) is 21.3. The van der Waals surface area contributed by atoms with E-state index in [0.717, 1.165) is 5.92 Å². The minimum Gasteiger partial charge on any atom is -0.303 e. The van der Waals surface area contributed by atoms with Crippen LogP contribution in [0, 0.1) is 5.92 Å². The van der Waals surface area contributed by atoms with Crippen molar-refractivity contribution in [2.24, 2.45) is 5.92 Å². The second-order valence-electron chi connectivity index (χ2n) is 8.79. The first kappa shape index (κ1) is 26.0. The average molecular weight is 368 g/mol. The Kier molecular flexibility index (Phi) is 21.2. The largest absolute Gasteiger partial charge is 0.303 e. The third-order valence-electron chi connectivity index (χ3n) is 5.78. The molecule has 0 saturated heterocycles. The molecule has 0 saturated carbocycles. The van der Waals surface area contributed by atoms with E-state index in [2.05, 4.69) is 32.6 Å². The molecule has 0 bridgehead atoms. The van der Waals surface area contributed by atoms with Gasteiger partial charge in [-0.15, -0.1) is 0 Å². The normalized spacial score (nSPS) is 12.8. The lowest BCUT2D eigenvalue weighted by molar-refractivity contribution is 0.220. The molecule has 0 aromatic carbocycles. The molecular weight excluding hydrogens is 314 g/mol. The molecule has 0 fully saturated rings. The maximum atomic E-state index is 2.81. The van der Waals surface area contributed by atoms with Crippen molar-refractivity contribution in [1.29, 1.82) is 0 Å². The molecule has 0 radical (unpaired) electrons. The molecular formula is C25H53N. The quantitative estimate of drug-likeness (QED) is 0.183. The molecule has 0 aromatic heterocycles. The third kappa shape index (κ3) is 18.7. The highest BCUT2D eigenvalue weighted by molar-refractivity contribution is 4.64. The van der Waals surface area contributed by atoms with Crippen molar-refractivity contribution in [2.45, 2.75) is 137 Å². The summed E-state index contributed by atoms with van der Waals surface area (Å²) in [6.45, 7) is 13.5. The molecule has 0 aromatic rings. The third-order valence-corrected chi connectivity index (χ3v) is 5.78. The Morgan fingerprint density at radius 2 is 0.885 bits per heavy atom. The van der Waals surface area contributed by atoms with Crippen molar-refractivity contribution in [1.82, 2.24) is 4.90 Å². The van der Waals surface area contributed by atoms with Gasteiger partial charge in [0.05, 0.1) is 0 Å². The Hall–Kier alpha value is -0.0400. The van der Waals surface area contributed by atoms with Crippen molar-refractivity contribution in [3.63, 3.8) is 0 Å². The first-order valence-electron chi connectivity index (χ1n) is 12.5. The molecule has 26 heavy (non-hydrogen) atoms. The molecule has 0 aliphatic carbocycles. The summed E-state index contributed by atoms with van der Waals surface area (Å²) in [6, 6.07) is 0. The van der Waals surface area contributed by atoms with E-state index < -0.39 is 0 Å². The van der Waals surface area contributed by atoms with Crippen molar-refractivity contribution in [2.75, 3.05) is 19.6 Å². The van der Waals surface area contributed by atoms with Crippen molar-refractivity contribution >= 4 is 0 Å². The predicted octanol–water partition coefficient (Wildman–Crippen LogP) is 8.62. The summed E-state index contributed by atoms with van der Waals surface area (Å²) >= 11 is 0. The Morgan fingerprint density at radius 3 is 1.35 bits per heavy atom. The van der Waals surface area contributed by atoms with Gasteiger partial charge in [0.25, 0.3) is 0 Å². The topological polar surface area (TPSA) is 3.24 Å². The highest BCUT2D eigenvalue weighted by Crippen LogP contribution is 2.14. The van der Waals surface area contributed by atoms with E-state index in [4.69, 9.17) is 0 Å². The van der Waals surface area contributed by atoms with E-state index >= 15 is 0 Å². The molecule has 0 spiro atoms.